The number of thiazole rings is 1. The number of fused-ring (bicyclic) bond motifs is 1. The zero-order chi connectivity index (χ0) is 18.3. The lowest BCUT2D eigenvalue weighted by Crippen LogP contribution is -2.38. The molecule has 3 fully saturated rings. The second kappa shape index (κ2) is 7.08. The van der Waals surface area contributed by atoms with E-state index in [0.29, 0.717) is 39.0 Å². The number of aryl methyl sites for hydroxylation is 1. The summed E-state index contributed by atoms with van der Waals surface area (Å²) >= 11 is 1.62. The molecular formula is C18H24N4O3S. The highest BCUT2D eigenvalue weighted by molar-refractivity contribution is 7.09. The van der Waals surface area contributed by atoms with Crippen LogP contribution in [0, 0.1) is 18.8 Å². The van der Waals surface area contributed by atoms with Gasteiger partial charge in [0.1, 0.15) is 0 Å². The number of amides is 3. The van der Waals surface area contributed by atoms with E-state index in [4.69, 9.17) is 0 Å². The predicted molar refractivity (Wildman–Crippen MR) is 96.3 cm³/mol. The number of carbonyl (C=O) groups is 3. The Morgan fingerprint density at radius 2 is 1.88 bits per heavy atom. The summed E-state index contributed by atoms with van der Waals surface area (Å²) in [4.78, 5) is 48.0. The first-order valence-corrected chi connectivity index (χ1v) is 10.2. The molecule has 7 nitrogen and oxygen atoms in total. The predicted octanol–water partition coefficient (Wildman–Crippen LogP) is 0.881. The molecule has 3 saturated heterocycles. The summed E-state index contributed by atoms with van der Waals surface area (Å²) < 4.78 is 0. The summed E-state index contributed by atoms with van der Waals surface area (Å²) in [5.41, 5.74) is 2.87. The average molecular weight is 376 g/mol. The molecular weight excluding hydrogens is 352 g/mol. The van der Waals surface area contributed by atoms with Crippen molar-refractivity contribution in [1.82, 2.24) is 19.7 Å². The molecule has 2 atom stereocenters. The van der Waals surface area contributed by atoms with Crippen LogP contribution in [0.4, 0.5) is 0 Å². The molecule has 3 aliphatic rings. The lowest BCUT2D eigenvalue weighted by atomic mass is 10.00. The van der Waals surface area contributed by atoms with Crippen molar-refractivity contribution in [3.8, 4) is 0 Å². The zero-order valence-electron chi connectivity index (χ0n) is 15.0. The SMILES string of the molecule is Cc1ncsc1CN1C[C@@H]2C(=O)N(CCCN3CCCC3=O)C(=O)[C@@H]2C1. The average Bonchev–Trinajstić information content (AvgIpc) is 3.35. The first kappa shape index (κ1) is 17.6. The van der Waals surface area contributed by atoms with Crippen LogP contribution in [0.1, 0.15) is 29.8 Å². The Kier molecular flexibility index (Phi) is 4.79. The number of carbonyl (C=O) groups excluding carboxylic acids is 3. The van der Waals surface area contributed by atoms with Crippen LogP contribution in [-0.2, 0) is 20.9 Å². The van der Waals surface area contributed by atoms with Gasteiger partial charge in [0.15, 0.2) is 0 Å². The van der Waals surface area contributed by atoms with Gasteiger partial charge < -0.3 is 4.90 Å². The third-order valence-corrected chi connectivity index (χ3v) is 6.67. The maximum absolute atomic E-state index is 12.7. The van der Waals surface area contributed by atoms with Crippen LogP contribution in [0.5, 0.6) is 0 Å². The smallest absolute Gasteiger partial charge is 0.234 e. The molecule has 8 heteroatoms. The number of likely N-dealkylation sites (tertiary alicyclic amines) is 3. The monoisotopic (exact) mass is 376 g/mol. The first-order valence-electron chi connectivity index (χ1n) is 9.29. The summed E-state index contributed by atoms with van der Waals surface area (Å²) in [6.45, 7) is 5.93. The van der Waals surface area contributed by atoms with Crippen LogP contribution in [-0.4, -0.2) is 70.1 Å². The molecule has 0 bridgehead atoms. The second-order valence-corrected chi connectivity index (χ2v) is 8.37. The normalized spacial score (nSPS) is 26.4. The Balaban J connectivity index is 1.31. The lowest BCUT2D eigenvalue weighted by molar-refractivity contribution is -0.140. The fourth-order valence-corrected chi connectivity index (χ4v) is 5.10. The van der Waals surface area contributed by atoms with E-state index in [0.717, 1.165) is 25.2 Å². The van der Waals surface area contributed by atoms with Crippen molar-refractivity contribution in [2.24, 2.45) is 11.8 Å². The summed E-state index contributed by atoms with van der Waals surface area (Å²) in [6.07, 6.45) is 2.22. The largest absolute Gasteiger partial charge is 0.343 e. The Labute approximate surface area is 157 Å². The van der Waals surface area contributed by atoms with Crippen LogP contribution in [0.3, 0.4) is 0 Å². The van der Waals surface area contributed by atoms with Gasteiger partial charge in [-0.15, -0.1) is 11.3 Å². The number of nitrogens with zero attached hydrogens (tertiary/aromatic N) is 4. The molecule has 4 rings (SSSR count). The van der Waals surface area contributed by atoms with E-state index < -0.39 is 0 Å². The molecule has 3 amide bonds. The van der Waals surface area contributed by atoms with Crippen molar-refractivity contribution in [3.05, 3.63) is 16.1 Å². The molecule has 26 heavy (non-hydrogen) atoms. The van der Waals surface area contributed by atoms with Gasteiger partial charge in [0.25, 0.3) is 0 Å². The highest BCUT2D eigenvalue weighted by atomic mass is 32.1. The maximum Gasteiger partial charge on any atom is 0.234 e. The van der Waals surface area contributed by atoms with Crippen LogP contribution >= 0.6 is 11.3 Å². The third kappa shape index (κ3) is 3.16. The van der Waals surface area contributed by atoms with Crippen molar-refractivity contribution >= 4 is 29.1 Å². The Hall–Kier alpha value is -1.80. The Morgan fingerprint density at radius 3 is 2.46 bits per heavy atom. The van der Waals surface area contributed by atoms with E-state index in [1.807, 2.05) is 17.3 Å². The zero-order valence-corrected chi connectivity index (χ0v) is 15.8. The van der Waals surface area contributed by atoms with Crippen molar-refractivity contribution in [2.45, 2.75) is 32.7 Å². The molecule has 0 saturated carbocycles. The van der Waals surface area contributed by atoms with E-state index in [2.05, 4.69) is 9.88 Å². The fourth-order valence-electron chi connectivity index (χ4n) is 4.29. The first-order chi connectivity index (χ1) is 12.5. The van der Waals surface area contributed by atoms with Crippen molar-refractivity contribution in [3.63, 3.8) is 0 Å². The Morgan fingerprint density at radius 1 is 1.15 bits per heavy atom. The summed E-state index contributed by atoms with van der Waals surface area (Å²) in [5.74, 6) is -0.282. The lowest BCUT2D eigenvalue weighted by Gasteiger charge is -2.21. The van der Waals surface area contributed by atoms with Crippen LogP contribution in [0.25, 0.3) is 0 Å². The third-order valence-electron chi connectivity index (χ3n) is 5.76. The van der Waals surface area contributed by atoms with Crippen molar-refractivity contribution in [2.75, 3.05) is 32.7 Å². The van der Waals surface area contributed by atoms with Crippen LogP contribution < -0.4 is 0 Å². The minimum atomic E-state index is -0.204. The van der Waals surface area contributed by atoms with Gasteiger partial charge in [-0.25, -0.2) is 4.98 Å². The van der Waals surface area contributed by atoms with Crippen molar-refractivity contribution in [1.29, 1.82) is 0 Å². The summed E-state index contributed by atoms with van der Waals surface area (Å²) in [6, 6.07) is 0. The molecule has 0 unspecified atom stereocenters. The highest BCUT2D eigenvalue weighted by Crippen LogP contribution is 2.34. The molecule has 0 aromatic carbocycles. The Bertz CT molecular complexity index is 710. The maximum atomic E-state index is 12.7. The van der Waals surface area contributed by atoms with Gasteiger partial charge in [-0.05, 0) is 19.8 Å². The number of hydrogen-bond acceptors (Lipinski definition) is 6. The molecule has 0 radical (unpaired) electrons. The highest BCUT2D eigenvalue weighted by Gasteiger charge is 2.51. The number of hydrogen-bond donors (Lipinski definition) is 0. The topological polar surface area (TPSA) is 73.8 Å². The van der Waals surface area contributed by atoms with Gasteiger partial charge in [-0.3, -0.25) is 24.2 Å². The molecule has 140 valence electrons. The second-order valence-electron chi connectivity index (χ2n) is 7.43. The van der Waals surface area contributed by atoms with Gasteiger partial charge in [-0.2, -0.15) is 0 Å². The minimum absolute atomic E-state index is 0.0312. The number of imide groups is 1. The molecule has 0 aliphatic carbocycles. The summed E-state index contributed by atoms with van der Waals surface area (Å²) in [7, 11) is 0. The van der Waals surface area contributed by atoms with E-state index in [-0.39, 0.29) is 29.6 Å². The molecule has 3 aliphatic heterocycles. The van der Waals surface area contributed by atoms with E-state index >= 15 is 0 Å². The van der Waals surface area contributed by atoms with Crippen molar-refractivity contribution < 1.29 is 14.4 Å². The molecule has 0 spiro atoms. The van der Waals surface area contributed by atoms with E-state index in [1.165, 1.54) is 9.78 Å². The minimum Gasteiger partial charge on any atom is -0.343 e. The molecule has 0 N–H and O–H groups in total. The van der Waals surface area contributed by atoms with E-state index in [1.54, 1.807) is 11.3 Å². The molecule has 1 aromatic heterocycles. The van der Waals surface area contributed by atoms with Gasteiger partial charge in [0, 0.05) is 50.6 Å². The fraction of sp³-hybridized carbons (Fsp3) is 0.667. The quantitative estimate of drug-likeness (QED) is 0.689. The van der Waals surface area contributed by atoms with Gasteiger partial charge in [0.2, 0.25) is 17.7 Å². The number of rotatable bonds is 6. The molecule has 1 aromatic rings. The van der Waals surface area contributed by atoms with E-state index in [9.17, 15) is 14.4 Å². The van der Waals surface area contributed by atoms with Crippen LogP contribution in [0.2, 0.25) is 0 Å². The van der Waals surface area contributed by atoms with Crippen LogP contribution in [0.15, 0.2) is 5.51 Å². The molecule has 4 heterocycles. The summed E-state index contributed by atoms with van der Waals surface area (Å²) in [5, 5.41) is 0. The number of aromatic nitrogens is 1. The standard InChI is InChI=1S/C18H24N4O3S/c1-12-15(26-11-19-12)10-20-8-13-14(9-20)18(25)22(17(13)24)7-3-6-21-5-2-4-16(21)23/h11,13-14H,2-10H2,1H3/t13-,14+. The van der Waals surface area contributed by atoms with Gasteiger partial charge in [-0.1, -0.05) is 0 Å². The van der Waals surface area contributed by atoms with Gasteiger partial charge in [0.05, 0.1) is 23.0 Å². The van der Waals surface area contributed by atoms with Gasteiger partial charge >= 0.3 is 0 Å².